The fourth-order valence-corrected chi connectivity index (χ4v) is 3.56. The lowest BCUT2D eigenvalue weighted by molar-refractivity contribution is 0.405. The average molecular weight is 434 g/mol. The monoisotopic (exact) mass is 431 g/mol. The Hall–Kier alpha value is -0.550. The second-order valence-electron chi connectivity index (χ2n) is 4.73. The summed E-state index contributed by atoms with van der Waals surface area (Å²) in [6.45, 7) is 2.04. The minimum absolute atomic E-state index is 0.00323. The van der Waals surface area contributed by atoms with E-state index in [2.05, 4.69) is 43.2 Å². The first-order chi connectivity index (χ1) is 9.97. The number of benzene rings is 2. The normalized spacial score (nSPS) is 12.3. The van der Waals surface area contributed by atoms with Gasteiger partial charge in [0.25, 0.3) is 0 Å². The molecule has 0 bridgehead atoms. The Bertz CT molecular complexity index is 661. The molecule has 1 N–H and O–H groups in total. The van der Waals surface area contributed by atoms with Gasteiger partial charge < -0.3 is 10.1 Å². The lowest BCUT2D eigenvalue weighted by Gasteiger charge is -2.22. The Morgan fingerprint density at radius 1 is 1.10 bits per heavy atom. The largest absolute Gasteiger partial charge is 0.496 e. The first-order valence-corrected chi connectivity index (χ1v) is 8.40. The molecule has 2 rings (SSSR count). The van der Waals surface area contributed by atoms with Crippen LogP contribution in [0, 0.1) is 6.92 Å². The van der Waals surface area contributed by atoms with E-state index in [0.29, 0.717) is 5.02 Å². The molecule has 0 amide bonds. The van der Waals surface area contributed by atoms with Crippen molar-refractivity contribution < 1.29 is 4.74 Å². The second kappa shape index (κ2) is 7.14. The third kappa shape index (κ3) is 3.62. The van der Waals surface area contributed by atoms with Gasteiger partial charge in [-0.1, -0.05) is 49.5 Å². The summed E-state index contributed by atoms with van der Waals surface area (Å²) in [5, 5.41) is 4.05. The Balaban J connectivity index is 2.58. The number of methoxy groups -OCH3 is 1. The quantitative estimate of drug-likeness (QED) is 0.688. The number of hydrogen-bond donors (Lipinski definition) is 1. The van der Waals surface area contributed by atoms with Crippen LogP contribution in [0.5, 0.6) is 5.75 Å². The summed E-state index contributed by atoms with van der Waals surface area (Å²) >= 11 is 13.2. The summed E-state index contributed by atoms with van der Waals surface area (Å²) in [7, 11) is 3.62. The van der Waals surface area contributed by atoms with Crippen LogP contribution in [0.4, 0.5) is 0 Å². The number of halogens is 3. The maximum atomic E-state index is 6.03. The van der Waals surface area contributed by atoms with Crippen molar-refractivity contribution in [2.75, 3.05) is 14.2 Å². The molecule has 0 heterocycles. The van der Waals surface area contributed by atoms with E-state index in [-0.39, 0.29) is 6.04 Å². The topological polar surface area (TPSA) is 21.3 Å². The summed E-state index contributed by atoms with van der Waals surface area (Å²) in [6.07, 6.45) is 0. The predicted molar refractivity (Wildman–Crippen MR) is 95.5 cm³/mol. The summed E-state index contributed by atoms with van der Waals surface area (Å²) < 4.78 is 7.57. The zero-order valence-electron chi connectivity index (χ0n) is 12.0. The van der Waals surface area contributed by atoms with Crippen molar-refractivity contribution in [1.82, 2.24) is 5.32 Å². The van der Waals surface area contributed by atoms with Gasteiger partial charge in [0.15, 0.2) is 0 Å². The zero-order valence-corrected chi connectivity index (χ0v) is 15.9. The van der Waals surface area contributed by atoms with Crippen molar-refractivity contribution in [1.29, 1.82) is 0 Å². The summed E-state index contributed by atoms with van der Waals surface area (Å²) in [5.74, 6) is 0.858. The van der Waals surface area contributed by atoms with E-state index in [4.69, 9.17) is 16.3 Å². The Morgan fingerprint density at radius 2 is 1.81 bits per heavy atom. The van der Waals surface area contributed by atoms with Gasteiger partial charge in [0, 0.05) is 19.5 Å². The van der Waals surface area contributed by atoms with Gasteiger partial charge >= 0.3 is 0 Å². The molecule has 0 aliphatic carbocycles. The molecule has 0 spiro atoms. The van der Waals surface area contributed by atoms with Gasteiger partial charge in [0.2, 0.25) is 0 Å². The molecule has 5 heteroatoms. The van der Waals surface area contributed by atoms with Gasteiger partial charge in [0.1, 0.15) is 5.75 Å². The molecule has 0 saturated carbocycles. The first kappa shape index (κ1) is 16.8. The highest BCUT2D eigenvalue weighted by molar-refractivity contribution is 9.10. The maximum absolute atomic E-state index is 6.03. The molecule has 2 aromatic rings. The molecular formula is C16H16Br2ClNO. The molecular weight excluding hydrogens is 417 g/mol. The molecule has 0 saturated heterocycles. The molecule has 0 aliphatic rings. The lowest BCUT2D eigenvalue weighted by Crippen LogP contribution is -2.19. The van der Waals surface area contributed by atoms with E-state index in [1.54, 1.807) is 7.11 Å². The number of nitrogens with one attached hydrogen (secondary N) is 1. The number of hydrogen-bond acceptors (Lipinski definition) is 2. The van der Waals surface area contributed by atoms with Crippen molar-refractivity contribution >= 4 is 43.5 Å². The van der Waals surface area contributed by atoms with Gasteiger partial charge in [-0.25, -0.2) is 0 Å². The SMILES string of the molecule is CNC(c1ccc(Cl)cc1Br)c1cc(Br)c(C)cc1OC. The highest BCUT2D eigenvalue weighted by atomic mass is 79.9. The molecule has 0 radical (unpaired) electrons. The van der Waals surface area contributed by atoms with Crippen LogP contribution in [0.2, 0.25) is 5.02 Å². The minimum Gasteiger partial charge on any atom is -0.496 e. The van der Waals surface area contributed by atoms with Gasteiger partial charge in [-0.2, -0.15) is 0 Å². The number of aryl methyl sites for hydroxylation is 1. The van der Waals surface area contributed by atoms with Crippen LogP contribution in [-0.2, 0) is 0 Å². The predicted octanol–water partition coefficient (Wildman–Crippen LogP) is 5.49. The average Bonchev–Trinajstić information content (AvgIpc) is 2.45. The summed E-state index contributed by atoms with van der Waals surface area (Å²) in [5.41, 5.74) is 3.32. The van der Waals surface area contributed by atoms with Gasteiger partial charge in [-0.05, 0) is 49.4 Å². The Morgan fingerprint density at radius 3 is 2.38 bits per heavy atom. The number of ether oxygens (including phenoxy) is 1. The maximum Gasteiger partial charge on any atom is 0.124 e. The van der Waals surface area contributed by atoms with Crippen LogP contribution < -0.4 is 10.1 Å². The highest BCUT2D eigenvalue weighted by Crippen LogP contribution is 2.37. The van der Waals surface area contributed by atoms with Gasteiger partial charge in [-0.3, -0.25) is 0 Å². The smallest absolute Gasteiger partial charge is 0.124 e. The minimum atomic E-state index is 0.00323. The standard InChI is InChI=1S/C16H16Br2ClNO/c1-9-6-15(21-3)12(8-13(9)17)16(20-2)11-5-4-10(19)7-14(11)18/h4-8,16,20H,1-3H3. The van der Waals surface area contributed by atoms with E-state index < -0.39 is 0 Å². The molecule has 2 aromatic carbocycles. The van der Waals surface area contributed by atoms with Crippen molar-refractivity contribution in [3.05, 3.63) is 61.0 Å². The van der Waals surface area contributed by atoms with Crippen molar-refractivity contribution in [3.8, 4) is 5.75 Å². The van der Waals surface area contributed by atoms with Crippen LogP contribution in [0.3, 0.4) is 0 Å². The molecule has 1 atom stereocenters. The third-order valence-electron chi connectivity index (χ3n) is 3.38. The molecule has 21 heavy (non-hydrogen) atoms. The third-order valence-corrected chi connectivity index (χ3v) is 5.16. The van der Waals surface area contributed by atoms with Crippen molar-refractivity contribution in [3.63, 3.8) is 0 Å². The molecule has 0 aliphatic heterocycles. The van der Waals surface area contributed by atoms with E-state index in [0.717, 1.165) is 31.4 Å². The van der Waals surface area contributed by atoms with Crippen LogP contribution in [0.15, 0.2) is 39.3 Å². The molecule has 2 nitrogen and oxygen atoms in total. The van der Waals surface area contributed by atoms with Crippen LogP contribution in [0.1, 0.15) is 22.7 Å². The van der Waals surface area contributed by atoms with Crippen molar-refractivity contribution in [2.45, 2.75) is 13.0 Å². The van der Waals surface area contributed by atoms with E-state index in [9.17, 15) is 0 Å². The fraction of sp³-hybridized carbons (Fsp3) is 0.250. The lowest BCUT2D eigenvalue weighted by atomic mass is 9.97. The van der Waals surface area contributed by atoms with Gasteiger partial charge in [0.05, 0.1) is 13.2 Å². The van der Waals surface area contributed by atoms with Crippen molar-refractivity contribution in [2.24, 2.45) is 0 Å². The Labute approximate surface area is 147 Å². The molecule has 0 aromatic heterocycles. The zero-order chi connectivity index (χ0) is 15.6. The second-order valence-corrected chi connectivity index (χ2v) is 6.88. The number of rotatable bonds is 4. The van der Waals surface area contributed by atoms with Gasteiger partial charge in [-0.15, -0.1) is 0 Å². The van der Waals surface area contributed by atoms with Crippen LogP contribution in [-0.4, -0.2) is 14.2 Å². The van der Waals surface area contributed by atoms with E-state index in [1.165, 1.54) is 0 Å². The summed E-state index contributed by atoms with van der Waals surface area (Å²) in [6, 6.07) is 9.94. The van der Waals surface area contributed by atoms with Crippen LogP contribution >= 0.6 is 43.5 Å². The molecule has 0 fully saturated rings. The molecule has 1 unspecified atom stereocenters. The van der Waals surface area contributed by atoms with E-state index in [1.807, 2.05) is 38.2 Å². The fourth-order valence-electron chi connectivity index (χ4n) is 2.29. The van der Waals surface area contributed by atoms with E-state index >= 15 is 0 Å². The van der Waals surface area contributed by atoms with Crippen LogP contribution in [0.25, 0.3) is 0 Å². The Kier molecular flexibility index (Phi) is 5.72. The first-order valence-electron chi connectivity index (χ1n) is 6.44. The molecule has 112 valence electrons. The highest BCUT2D eigenvalue weighted by Gasteiger charge is 2.20. The summed E-state index contributed by atoms with van der Waals surface area (Å²) in [4.78, 5) is 0.